The Labute approximate surface area is 143 Å². The summed E-state index contributed by atoms with van der Waals surface area (Å²) in [5.74, 6) is 0. The van der Waals surface area contributed by atoms with Gasteiger partial charge in [-0.25, -0.2) is 0 Å². The van der Waals surface area contributed by atoms with Crippen molar-refractivity contribution < 1.29 is 33.2 Å². The quantitative estimate of drug-likeness (QED) is 0.664. The maximum atomic E-state index is 6.03. The Bertz CT molecular complexity index is 389. The van der Waals surface area contributed by atoms with Crippen molar-refractivity contribution in [3.8, 4) is 0 Å². The normalized spacial score (nSPS) is 38.8. The van der Waals surface area contributed by atoms with E-state index in [4.69, 9.17) is 33.2 Å². The molecule has 7 heteroatoms. The van der Waals surface area contributed by atoms with Gasteiger partial charge in [-0.15, -0.1) is 0 Å². The second kappa shape index (κ2) is 8.40. The molecule has 0 N–H and O–H groups in total. The summed E-state index contributed by atoms with van der Waals surface area (Å²) in [6.45, 7) is 9.77. The Morgan fingerprint density at radius 2 is 1.42 bits per heavy atom. The molecular formula is C17H30O7. The van der Waals surface area contributed by atoms with E-state index in [2.05, 4.69) is 0 Å². The summed E-state index contributed by atoms with van der Waals surface area (Å²) in [5, 5.41) is 0. The molecule has 3 rings (SSSR count). The molecule has 7 nitrogen and oxygen atoms in total. The highest BCUT2D eigenvalue weighted by molar-refractivity contribution is 4.94. The monoisotopic (exact) mass is 346 g/mol. The lowest BCUT2D eigenvalue weighted by molar-refractivity contribution is -0.273. The molecule has 3 aliphatic rings. The first-order valence-corrected chi connectivity index (χ1v) is 8.99. The van der Waals surface area contributed by atoms with Crippen molar-refractivity contribution in [2.24, 2.45) is 0 Å². The minimum atomic E-state index is -0.377. The van der Waals surface area contributed by atoms with Crippen LogP contribution in [0.5, 0.6) is 0 Å². The van der Waals surface area contributed by atoms with Gasteiger partial charge < -0.3 is 33.2 Å². The third kappa shape index (κ3) is 4.66. The molecule has 3 fully saturated rings. The van der Waals surface area contributed by atoms with E-state index in [1.165, 1.54) is 0 Å². The van der Waals surface area contributed by atoms with Crippen molar-refractivity contribution in [2.75, 3.05) is 19.8 Å². The van der Waals surface area contributed by atoms with Crippen molar-refractivity contribution in [1.29, 1.82) is 0 Å². The highest BCUT2D eigenvalue weighted by atomic mass is 16.8. The fraction of sp³-hybridized carbons (Fsp3) is 1.00. The summed E-state index contributed by atoms with van der Waals surface area (Å²) in [5.41, 5.74) is 0. The molecular weight excluding hydrogens is 316 g/mol. The average molecular weight is 346 g/mol. The van der Waals surface area contributed by atoms with E-state index in [0.29, 0.717) is 32.7 Å². The van der Waals surface area contributed by atoms with Gasteiger partial charge >= 0.3 is 0 Å². The molecule has 3 aliphatic heterocycles. The summed E-state index contributed by atoms with van der Waals surface area (Å²) < 4.78 is 40.5. The topological polar surface area (TPSA) is 64.6 Å². The highest BCUT2D eigenvalue weighted by Crippen LogP contribution is 2.38. The van der Waals surface area contributed by atoms with Crippen LogP contribution in [0.3, 0.4) is 0 Å². The Kier molecular flexibility index (Phi) is 6.48. The fourth-order valence-electron chi connectivity index (χ4n) is 3.10. The van der Waals surface area contributed by atoms with Crippen molar-refractivity contribution in [1.82, 2.24) is 0 Å². The third-order valence-electron chi connectivity index (χ3n) is 4.23. The lowest BCUT2D eigenvalue weighted by Gasteiger charge is -2.33. The van der Waals surface area contributed by atoms with Crippen LogP contribution in [0, 0.1) is 0 Å². The highest BCUT2D eigenvalue weighted by Gasteiger charge is 2.55. The predicted molar refractivity (Wildman–Crippen MR) is 84.4 cm³/mol. The lowest BCUT2D eigenvalue weighted by Crippen LogP contribution is -2.46. The van der Waals surface area contributed by atoms with E-state index in [-0.39, 0.29) is 49.4 Å². The van der Waals surface area contributed by atoms with Gasteiger partial charge in [0.15, 0.2) is 18.9 Å². The third-order valence-corrected chi connectivity index (χ3v) is 4.23. The molecule has 0 aromatic carbocycles. The molecule has 0 aromatic heterocycles. The van der Waals surface area contributed by atoms with Gasteiger partial charge in [-0.05, 0) is 27.7 Å². The second-order valence-electron chi connectivity index (χ2n) is 6.99. The Morgan fingerprint density at radius 1 is 0.792 bits per heavy atom. The van der Waals surface area contributed by atoms with Crippen LogP contribution in [0.1, 0.15) is 40.5 Å². The summed E-state index contributed by atoms with van der Waals surface area (Å²) in [7, 11) is 0. The molecule has 3 saturated heterocycles. The van der Waals surface area contributed by atoms with Crippen LogP contribution in [0.25, 0.3) is 0 Å². The maximum absolute atomic E-state index is 6.03. The summed E-state index contributed by atoms with van der Waals surface area (Å²) in [4.78, 5) is 0. The molecule has 0 bridgehead atoms. The van der Waals surface area contributed by atoms with Crippen molar-refractivity contribution in [3.63, 3.8) is 0 Å². The van der Waals surface area contributed by atoms with Crippen LogP contribution in [-0.2, 0) is 33.2 Å². The van der Waals surface area contributed by atoms with Crippen LogP contribution < -0.4 is 0 Å². The van der Waals surface area contributed by atoms with Crippen LogP contribution in [0.4, 0.5) is 0 Å². The minimum absolute atomic E-state index is 0.130. The first-order valence-electron chi connectivity index (χ1n) is 8.99. The molecule has 6 atom stereocenters. The van der Waals surface area contributed by atoms with Gasteiger partial charge in [-0.2, -0.15) is 0 Å². The van der Waals surface area contributed by atoms with Crippen LogP contribution >= 0.6 is 0 Å². The lowest BCUT2D eigenvalue weighted by atomic mass is 10.1. The predicted octanol–water partition coefficient (Wildman–Crippen LogP) is 1.82. The zero-order valence-corrected chi connectivity index (χ0v) is 15.0. The molecule has 140 valence electrons. The first kappa shape index (κ1) is 18.5. The van der Waals surface area contributed by atoms with Gasteiger partial charge in [0.25, 0.3) is 0 Å². The van der Waals surface area contributed by atoms with Crippen LogP contribution in [0.15, 0.2) is 0 Å². The molecule has 0 aliphatic carbocycles. The standard InChI is InChI=1S/C17H30O7/c1-10(2)18-7-5-13-20-9-12-15(22-13)16-17(21-12)24-14(23-16)6-8-19-11(3)4/h10-17H,5-9H2,1-4H3/t12-,13?,14?,15+,16-,17-/m1/s1. The van der Waals surface area contributed by atoms with Gasteiger partial charge in [0.2, 0.25) is 0 Å². The molecule has 0 radical (unpaired) electrons. The smallest absolute Gasteiger partial charge is 0.190 e. The Balaban J connectivity index is 1.43. The zero-order valence-electron chi connectivity index (χ0n) is 15.0. The van der Waals surface area contributed by atoms with E-state index >= 15 is 0 Å². The maximum Gasteiger partial charge on any atom is 0.190 e. The van der Waals surface area contributed by atoms with Crippen molar-refractivity contribution >= 4 is 0 Å². The zero-order chi connectivity index (χ0) is 17.1. The van der Waals surface area contributed by atoms with Crippen LogP contribution in [0.2, 0.25) is 0 Å². The SMILES string of the molecule is CC(C)OCCC1OC[C@H]2O[C@@H]3OC(CCOC(C)C)O[C@@H]3[C@H]2O1. The number of rotatable bonds is 8. The van der Waals surface area contributed by atoms with Gasteiger partial charge in [-0.1, -0.05) is 0 Å². The number of hydrogen-bond donors (Lipinski definition) is 0. The molecule has 0 amide bonds. The summed E-state index contributed by atoms with van der Waals surface area (Å²) in [6, 6.07) is 0. The summed E-state index contributed by atoms with van der Waals surface area (Å²) in [6.07, 6.45) is 0.376. The largest absolute Gasteiger partial charge is 0.379 e. The van der Waals surface area contributed by atoms with E-state index in [1.807, 2.05) is 27.7 Å². The minimum Gasteiger partial charge on any atom is -0.379 e. The van der Waals surface area contributed by atoms with Gasteiger partial charge in [0, 0.05) is 12.8 Å². The number of ether oxygens (including phenoxy) is 7. The molecule has 2 unspecified atom stereocenters. The van der Waals surface area contributed by atoms with Crippen molar-refractivity contribution in [3.05, 3.63) is 0 Å². The molecule has 3 heterocycles. The van der Waals surface area contributed by atoms with Crippen LogP contribution in [-0.4, -0.2) is 69.2 Å². The Morgan fingerprint density at radius 3 is 2.08 bits per heavy atom. The number of hydrogen-bond acceptors (Lipinski definition) is 7. The molecule has 0 aromatic rings. The second-order valence-corrected chi connectivity index (χ2v) is 6.99. The van der Waals surface area contributed by atoms with Crippen molar-refractivity contribution in [2.45, 2.75) is 89.9 Å². The molecule has 0 saturated carbocycles. The Hall–Kier alpha value is -0.280. The van der Waals surface area contributed by atoms with E-state index in [9.17, 15) is 0 Å². The fourth-order valence-corrected chi connectivity index (χ4v) is 3.10. The van der Waals surface area contributed by atoms with E-state index in [0.717, 1.165) is 0 Å². The molecule has 0 spiro atoms. The molecule has 24 heavy (non-hydrogen) atoms. The average Bonchev–Trinajstić information content (AvgIpc) is 3.04. The first-order chi connectivity index (χ1) is 11.5. The summed E-state index contributed by atoms with van der Waals surface area (Å²) >= 11 is 0. The van der Waals surface area contributed by atoms with Gasteiger partial charge in [-0.3, -0.25) is 0 Å². The van der Waals surface area contributed by atoms with Gasteiger partial charge in [0.05, 0.1) is 32.0 Å². The van der Waals surface area contributed by atoms with E-state index < -0.39 is 0 Å². The van der Waals surface area contributed by atoms with Gasteiger partial charge in [0.1, 0.15) is 18.3 Å². The van der Waals surface area contributed by atoms with E-state index in [1.54, 1.807) is 0 Å². The number of fused-ring (bicyclic) bond motifs is 3.